The first-order chi connectivity index (χ1) is 14.1. The lowest BCUT2D eigenvalue weighted by Crippen LogP contribution is -2.46. The van der Waals surface area contributed by atoms with E-state index in [9.17, 15) is 13.9 Å². The molecule has 1 atom stereocenters. The average Bonchev–Trinajstić information content (AvgIpc) is 3.20. The summed E-state index contributed by atoms with van der Waals surface area (Å²) in [5, 5.41) is 14.2. The van der Waals surface area contributed by atoms with Gasteiger partial charge in [-0.25, -0.2) is 8.78 Å². The molecule has 2 heterocycles. The molecule has 0 saturated carbocycles. The summed E-state index contributed by atoms with van der Waals surface area (Å²) in [6.07, 6.45) is 1.99. The maximum absolute atomic E-state index is 14.2. The molecule has 1 aliphatic rings. The predicted molar refractivity (Wildman–Crippen MR) is 104 cm³/mol. The van der Waals surface area contributed by atoms with E-state index < -0.39 is 17.0 Å². The first kappa shape index (κ1) is 19.7. The topological polar surface area (TPSA) is 62.4 Å². The van der Waals surface area contributed by atoms with Crippen molar-refractivity contribution in [2.75, 3.05) is 19.7 Å². The Morgan fingerprint density at radius 1 is 1.14 bits per heavy atom. The largest absolute Gasteiger partial charge is 0.396 e. The number of piperidine rings is 1. The van der Waals surface area contributed by atoms with Crippen molar-refractivity contribution in [2.45, 2.75) is 25.8 Å². The van der Waals surface area contributed by atoms with Crippen molar-refractivity contribution in [3.8, 4) is 11.4 Å². The minimum absolute atomic E-state index is 0.0700. The molecule has 1 unspecified atom stereocenters. The lowest BCUT2D eigenvalue weighted by molar-refractivity contribution is 0.0241. The van der Waals surface area contributed by atoms with Crippen molar-refractivity contribution < 1.29 is 18.4 Å². The van der Waals surface area contributed by atoms with Crippen molar-refractivity contribution in [3.05, 3.63) is 71.6 Å². The number of aliphatic hydroxyl groups excluding tert-OH is 1. The Hall–Kier alpha value is -2.64. The second kappa shape index (κ2) is 8.39. The van der Waals surface area contributed by atoms with Crippen molar-refractivity contribution >= 4 is 0 Å². The van der Waals surface area contributed by atoms with Gasteiger partial charge in [-0.05, 0) is 37.4 Å². The zero-order valence-corrected chi connectivity index (χ0v) is 16.0. The normalized spacial score (nSPS) is 20.1. The van der Waals surface area contributed by atoms with E-state index in [-0.39, 0.29) is 6.61 Å². The van der Waals surface area contributed by atoms with Crippen LogP contribution in [-0.2, 0) is 13.0 Å². The summed E-state index contributed by atoms with van der Waals surface area (Å²) >= 11 is 0. The van der Waals surface area contributed by atoms with E-state index in [1.165, 1.54) is 12.1 Å². The van der Waals surface area contributed by atoms with Gasteiger partial charge in [0.1, 0.15) is 11.6 Å². The fourth-order valence-corrected chi connectivity index (χ4v) is 4.06. The molecular weight excluding hydrogens is 376 g/mol. The van der Waals surface area contributed by atoms with Crippen LogP contribution in [0.3, 0.4) is 0 Å². The fourth-order valence-electron chi connectivity index (χ4n) is 4.06. The maximum atomic E-state index is 14.2. The van der Waals surface area contributed by atoms with Gasteiger partial charge in [0.2, 0.25) is 11.7 Å². The Morgan fingerprint density at radius 3 is 2.72 bits per heavy atom. The van der Waals surface area contributed by atoms with Crippen LogP contribution in [-0.4, -0.2) is 39.8 Å². The minimum Gasteiger partial charge on any atom is -0.396 e. The Kier molecular flexibility index (Phi) is 5.69. The van der Waals surface area contributed by atoms with Crippen molar-refractivity contribution in [1.82, 2.24) is 15.0 Å². The number of likely N-dealkylation sites (tertiary alicyclic amines) is 1. The first-order valence-corrected chi connectivity index (χ1v) is 9.72. The Morgan fingerprint density at radius 2 is 1.97 bits per heavy atom. The molecule has 0 spiro atoms. The summed E-state index contributed by atoms with van der Waals surface area (Å²) < 4.78 is 32.8. The number of hydrogen-bond donors (Lipinski definition) is 1. The molecule has 3 aromatic rings. The van der Waals surface area contributed by atoms with Gasteiger partial charge >= 0.3 is 0 Å². The second-order valence-corrected chi connectivity index (χ2v) is 7.76. The summed E-state index contributed by atoms with van der Waals surface area (Å²) in [6, 6.07) is 13.2. The van der Waals surface area contributed by atoms with E-state index in [4.69, 9.17) is 4.52 Å². The number of hydrogen-bond acceptors (Lipinski definition) is 5. The zero-order chi connectivity index (χ0) is 20.3. The van der Waals surface area contributed by atoms with Crippen LogP contribution in [0.25, 0.3) is 11.4 Å². The summed E-state index contributed by atoms with van der Waals surface area (Å²) in [5.41, 5.74) is 0.822. The molecule has 1 N–H and O–H groups in total. The number of aromatic nitrogens is 2. The van der Waals surface area contributed by atoms with E-state index in [2.05, 4.69) is 15.0 Å². The molecule has 1 aliphatic heterocycles. The summed E-state index contributed by atoms with van der Waals surface area (Å²) in [6.45, 7) is 1.80. The molecule has 7 heteroatoms. The molecule has 29 heavy (non-hydrogen) atoms. The standard InChI is InChI=1S/C22H23F2N3O2/c23-18-8-7-17(19(24)11-18)12-22(15-28)9-4-10-27(14-22)13-20-25-21(26-29-20)16-5-2-1-3-6-16/h1-3,5-8,11,28H,4,9-10,12-15H2. The van der Waals surface area contributed by atoms with Gasteiger partial charge in [0, 0.05) is 23.6 Å². The lowest BCUT2D eigenvalue weighted by Gasteiger charge is -2.41. The van der Waals surface area contributed by atoms with Gasteiger partial charge in [0.25, 0.3) is 0 Å². The summed E-state index contributed by atoms with van der Waals surface area (Å²) in [7, 11) is 0. The molecular formula is C22H23F2N3O2. The van der Waals surface area contributed by atoms with Crippen molar-refractivity contribution in [1.29, 1.82) is 0 Å². The molecule has 0 bridgehead atoms. The van der Waals surface area contributed by atoms with E-state index in [0.29, 0.717) is 36.8 Å². The molecule has 1 fully saturated rings. The monoisotopic (exact) mass is 399 g/mol. The number of halogens is 2. The number of benzene rings is 2. The maximum Gasteiger partial charge on any atom is 0.241 e. The van der Waals surface area contributed by atoms with E-state index in [0.717, 1.165) is 31.0 Å². The van der Waals surface area contributed by atoms with Crippen LogP contribution < -0.4 is 0 Å². The first-order valence-electron chi connectivity index (χ1n) is 9.72. The fraction of sp³-hybridized carbons (Fsp3) is 0.364. The summed E-state index contributed by atoms with van der Waals surface area (Å²) in [5.74, 6) is -0.121. The lowest BCUT2D eigenvalue weighted by atomic mass is 9.75. The van der Waals surface area contributed by atoms with Gasteiger partial charge in [-0.1, -0.05) is 41.6 Å². The highest BCUT2D eigenvalue weighted by Crippen LogP contribution is 2.34. The molecule has 1 saturated heterocycles. The average molecular weight is 399 g/mol. The van der Waals surface area contributed by atoms with Gasteiger partial charge in [-0.2, -0.15) is 4.98 Å². The van der Waals surface area contributed by atoms with E-state index in [1.54, 1.807) is 0 Å². The third-order valence-corrected chi connectivity index (χ3v) is 5.52. The van der Waals surface area contributed by atoms with Gasteiger partial charge in [-0.3, -0.25) is 4.90 Å². The Labute approximate surface area is 168 Å². The predicted octanol–water partition coefficient (Wildman–Crippen LogP) is 3.83. The van der Waals surface area contributed by atoms with Crippen LogP contribution in [0.4, 0.5) is 8.78 Å². The molecule has 5 nitrogen and oxygen atoms in total. The molecule has 152 valence electrons. The Bertz CT molecular complexity index is 964. The van der Waals surface area contributed by atoms with Crippen LogP contribution in [0.15, 0.2) is 53.1 Å². The number of rotatable bonds is 6. The third kappa shape index (κ3) is 4.52. The molecule has 0 aliphatic carbocycles. The van der Waals surface area contributed by atoms with Gasteiger partial charge in [0.15, 0.2) is 0 Å². The number of nitrogens with zero attached hydrogens (tertiary/aromatic N) is 3. The van der Waals surface area contributed by atoms with Crippen LogP contribution in [0, 0.1) is 17.0 Å². The molecule has 4 rings (SSSR count). The molecule has 2 aromatic carbocycles. The van der Waals surface area contributed by atoms with Crippen LogP contribution in [0.2, 0.25) is 0 Å². The van der Waals surface area contributed by atoms with Crippen LogP contribution in [0.5, 0.6) is 0 Å². The van der Waals surface area contributed by atoms with Gasteiger partial charge in [0.05, 0.1) is 13.2 Å². The van der Waals surface area contributed by atoms with Crippen LogP contribution >= 0.6 is 0 Å². The highest BCUT2D eigenvalue weighted by atomic mass is 19.1. The minimum atomic E-state index is -0.597. The smallest absolute Gasteiger partial charge is 0.241 e. The summed E-state index contributed by atoms with van der Waals surface area (Å²) in [4.78, 5) is 6.61. The Balaban J connectivity index is 1.46. The number of aliphatic hydroxyl groups is 1. The van der Waals surface area contributed by atoms with E-state index in [1.807, 2.05) is 30.3 Å². The highest BCUT2D eigenvalue weighted by molar-refractivity contribution is 5.53. The molecule has 1 aromatic heterocycles. The van der Waals surface area contributed by atoms with Gasteiger partial charge < -0.3 is 9.63 Å². The quantitative estimate of drug-likeness (QED) is 0.683. The van der Waals surface area contributed by atoms with E-state index >= 15 is 0 Å². The van der Waals surface area contributed by atoms with Crippen LogP contribution in [0.1, 0.15) is 24.3 Å². The van der Waals surface area contributed by atoms with Crippen molar-refractivity contribution in [3.63, 3.8) is 0 Å². The molecule has 0 amide bonds. The van der Waals surface area contributed by atoms with Gasteiger partial charge in [-0.15, -0.1) is 0 Å². The zero-order valence-electron chi connectivity index (χ0n) is 16.0. The second-order valence-electron chi connectivity index (χ2n) is 7.76. The SMILES string of the molecule is OCC1(Cc2ccc(F)cc2F)CCCN(Cc2nc(-c3ccccc3)no2)C1. The third-order valence-electron chi connectivity index (χ3n) is 5.52. The van der Waals surface area contributed by atoms with Crippen molar-refractivity contribution in [2.24, 2.45) is 5.41 Å². The highest BCUT2D eigenvalue weighted by Gasteiger charge is 2.36. The molecule has 0 radical (unpaired) electrons.